The van der Waals surface area contributed by atoms with Crippen molar-refractivity contribution >= 4 is 28.5 Å². The predicted octanol–water partition coefficient (Wildman–Crippen LogP) is 1.53. The number of rotatable bonds is 6. The number of hydrogen-bond acceptors (Lipinski definition) is 4. The molecular weight excluding hydrogens is 320 g/mol. The summed E-state index contributed by atoms with van der Waals surface area (Å²) in [6.45, 7) is 0.0153. The average molecular weight is 340 g/mol. The Morgan fingerprint density at radius 3 is 2.52 bits per heavy atom. The van der Waals surface area contributed by atoms with Gasteiger partial charge >= 0.3 is 0 Å². The van der Waals surface area contributed by atoms with Gasteiger partial charge in [0.15, 0.2) is 0 Å². The first-order valence-corrected chi connectivity index (χ1v) is 8.32. The Kier molecular flexibility index (Phi) is 5.09. The van der Waals surface area contributed by atoms with Gasteiger partial charge in [0.1, 0.15) is 6.54 Å². The van der Waals surface area contributed by atoms with Gasteiger partial charge in [0.25, 0.3) is 0 Å². The van der Waals surface area contributed by atoms with E-state index in [2.05, 4.69) is 5.32 Å². The molecule has 2 N–H and O–H groups in total. The van der Waals surface area contributed by atoms with Crippen LogP contribution in [0.1, 0.15) is 30.9 Å². The van der Waals surface area contributed by atoms with E-state index in [-0.39, 0.29) is 37.7 Å². The average Bonchev–Trinajstić information content (AvgIpc) is 2.93. The van der Waals surface area contributed by atoms with Crippen molar-refractivity contribution in [3.8, 4) is 0 Å². The smallest absolute Gasteiger partial charge is 0.240 e. The van der Waals surface area contributed by atoms with Gasteiger partial charge in [-0.2, -0.15) is 0 Å². The summed E-state index contributed by atoms with van der Waals surface area (Å²) in [7, 11) is 0. The zero-order chi connectivity index (χ0) is 17.8. The van der Waals surface area contributed by atoms with Crippen molar-refractivity contribution in [2.45, 2.75) is 25.4 Å². The number of hydrogen-bond donors (Lipinski definition) is 2. The first-order chi connectivity index (χ1) is 12.1. The van der Waals surface area contributed by atoms with E-state index in [4.69, 9.17) is 0 Å². The van der Waals surface area contributed by atoms with E-state index < -0.39 is 12.0 Å². The number of aliphatic hydroxyl groups excluding tert-OH is 1. The van der Waals surface area contributed by atoms with Crippen LogP contribution in [0.25, 0.3) is 10.8 Å². The standard InChI is InChI=1S/C19H20N2O4/c22-16(15-7-3-5-13-4-1-2-6-14(13)15)10-11-20-17(23)12-21-18(24)8-9-19(21)25/h1-7,16,22H,8-12H2,(H,20,23). The predicted molar refractivity (Wildman–Crippen MR) is 92.5 cm³/mol. The quantitative estimate of drug-likeness (QED) is 0.781. The van der Waals surface area contributed by atoms with Crippen molar-refractivity contribution in [3.63, 3.8) is 0 Å². The second kappa shape index (κ2) is 7.44. The highest BCUT2D eigenvalue weighted by Crippen LogP contribution is 2.25. The summed E-state index contributed by atoms with van der Waals surface area (Å²) in [4.78, 5) is 35.9. The van der Waals surface area contributed by atoms with Gasteiger partial charge < -0.3 is 10.4 Å². The third-order valence-electron chi connectivity index (χ3n) is 4.38. The number of nitrogens with one attached hydrogen (secondary N) is 1. The largest absolute Gasteiger partial charge is 0.388 e. The molecule has 0 aliphatic carbocycles. The molecule has 1 unspecified atom stereocenters. The molecule has 25 heavy (non-hydrogen) atoms. The van der Waals surface area contributed by atoms with Crippen LogP contribution in [0.5, 0.6) is 0 Å². The minimum atomic E-state index is -0.707. The minimum absolute atomic E-state index is 0.173. The van der Waals surface area contributed by atoms with E-state index in [0.717, 1.165) is 21.2 Å². The highest BCUT2D eigenvalue weighted by atomic mass is 16.3. The van der Waals surface area contributed by atoms with Crippen molar-refractivity contribution in [2.75, 3.05) is 13.1 Å². The molecule has 0 saturated carbocycles. The van der Waals surface area contributed by atoms with Gasteiger partial charge in [-0.25, -0.2) is 0 Å². The molecular formula is C19H20N2O4. The molecule has 1 atom stereocenters. The summed E-state index contributed by atoms with van der Waals surface area (Å²) < 4.78 is 0. The van der Waals surface area contributed by atoms with E-state index in [1.807, 2.05) is 42.5 Å². The van der Waals surface area contributed by atoms with Crippen molar-refractivity contribution in [2.24, 2.45) is 0 Å². The summed E-state index contributed by atoms with van der Waals surface area (Å²) >= 11 is 0. The normalized spacial score (nSPS) is 15.6. The van der Waals surface area contributed by atoms with Crippen molar-refractivity contribution in [3.05, 3.63) is 48.0 Å². The molecule has 3 rings (SSSR count). The number of aliphatic hydroxyl groups is 1. The van der Waals surface area contributed by atoms with Gasteiger partial charge in [0.05, 0.1) is 6.10 Å². The monoisotopic (exact) mass is 340 g/mol. The fourth-order valence-corrected chi connectivity index (χ4v) is 3.04. The topological polar surface area (TPSA) is 86.7 Å². The lowest BCUT2D eigenvalue weighted by Gasteiger charge is -2.16. The van der Waals surface area contributed by atoms with Crippen LogP contribution in [0.3, 0.4) is 0 Å². The number of nitrogens with zero attached hydrogens (tertiary/aromatic N) is 1. The molecule has 0 aromatic heterocycles. The van der Waals surface area contributed by atoms with Crippen LogP contribution < -0.4 is 5.32 Å². The van der Waals surface area contributed by atoms with Crippen LogP contribution in [0, 0.1) is 0 Å². The van der Waals surface area contributed by atoms with Crippen LogP contribution in [0.15, 0.2) is 42.5 Å². The van der Waals surface area contributed by atoms with Crippen LogP contribution in [-0.2, 0) is 14.4 Å². The van der Waals surface area contributed by atoms with Crippen LogP contribution >= 0.6 is 0 Å². The van der Waals surface area contributed by atoms with Crippen LogP contribution in [0.2, 0.25) is 0 Å². The maximum absolute atomic E-state index is 11.9. The van der Waals surface area contributed by atoms with Crippen molar-refractivity contribution in [1.82, 2.24) is 10.2 Å². The summed E-state index contributed by atoms with van der Waals surface area (Å²) in [5, 5.41) is 15.1. The Morgan fingerprint density at radius 1 is 1.08 bits per heavy atom. The van der Waals surface area contributed by atoms with Gasteiger partial charge in [-0.05, 0) is 22.8 Å². The van der Waals surface area contributed by atoms with Gasteiger partial charge in [0.2, 0.25) is 17.7 Å². The minimum Gasteiger partial charge on any atom is -0.388 e. The Labute approximate surface area is 145 Å². The molecule has 3 amide bonds. The number of carbonyl (C=O) groups is 3. The molecule has 2 aromatic rings. The van der Waals surface area contributed by atoms with Gasteiger partial charge in [-0.3, -0.25) is 19.3 Å². The number of carbonyl (C=O) groups excluding carboxylic acids is 3. The lowest BCUT2D eigenvalue weighted by Crippen LogP contribution is -2.40. The van der Waals surface area contributed by atoms with E-state index in [9.17, 15) is 19.5 Å². The van der Waals surface area contributed by atoms with Gasteiger partial charge in [-0.15, -0.1) is 0 Å². The molecule has 6 nitrogen and oxygen atoms in total. The molecule has 1 saturated heterocycles. The summed E-state index contributed by atoms with van der Waals surface area (Å²) in [5.41, 5.74) is 0.817. The lowest BCUT2D eigenvalue weighted by atomic mass is 9.99. The first-order valence-electron chi connectivity index (χ1n) is 8.32. The van der Waals surface area contributed by atoms with E-state index in [0.29, 0.717) is 6.42 Å². The van der Waals surface area contributed by atoms with Gasteiger partial charge in [-0.1, -0.05) is 42.5 Å². The Balaban J connectivity index is 1.54. The first kappa shape index (κ1) is 17.1. The summed E-state index contributed by atoms with van der Waals surface area (Å²) in [6, 6.07) is 13.6. The number of fused-ring (bicyclic) bond motifs is 1. The van der Waals surface area contributed by atoms with E-state index >= 15 is 0 Å². The molecule has 1 heterocycles. The van der Waals surface area contributed by atoms with Gasteiger partial charge in [0, 0.05) is 19.4 Å². The maximum Gasteiger partial charge on any atom is 0.240 e. The zero-order valence-corrected chi connectivity index (χ0v) is 13.8. The van der Waals surface area contributed by atoms with E-state index in [1.54, 1.807) is 0 Å². The number of imide groups is 1. The third-order valence-corrected chi connectivity index (χ3v) is 4.38. The zero-order valence-electron chi connectivity index (χ0n) is 13.8. The second-order valence-electron chi connectivity index (χ2n) is 6.10. The summed E-state index contributed by atoms with van der Waals surface area (Å²) in [5.74, 6) is -1.01. The molecule has 6 heteroatoms. The SMILES string of the molecule is O=C(CN1C(=O)CCC1=O)NCCC(O)c1cccc2ccccc12. The molecule has 1 aliphatic rings. The molecule has 2 aromatic carbocycles. The highest BCUT2D eigenvalue weighted by Gasteiger charge is 2.30. The lowest BCUT2D eigenvalue weighted by molar-refractivity contribution is -0.142. The van der Waals surface area contributed by atoms with Crippen LogP contribution in [0.4, 0.5) is 0 Å². The molecule has 130 valence electrons. The van der Waals surface area contributed by atoms with Crippen molar-refractivity contribution in [1.29, 1.82) is 0 Å². The second-order valence-corrected chi connectivity index (χ2v) is 6.10. The molecule has 0 spiro atoms. The molecule has 0 radical (unpaired) electrons. The Morgan fingerprint density at radius 2 is 1.76 bits per heavy atom. The van der Waals surface area contributed by atoms with E-state index in [1.165, 1.54) is 0 Å². The molecule has 0 bridgehead atoms. The number of likely N-dealkylation sites (tertiary alicyclic amines) is 1. The third kappa shape index (κ3) is 3.85. The molecule has 1 fully saturated rings. The fourth-order valence-electron chi connectivity index (χ4n) is 3.04. The highest BCUT2D eigenvalue weighted by molar-refractivity contribution is 6.04. The summed E-state index contributed by atoms with van der Waals surface area (Å²) in [6.07, 6.45) is -0.0131. The number of amides is 3. The van der Waals surface area contributed by atoms with Crippen molar-refractivity contribution < 1.29 is 19.5 Å². The molecule has 1 aliphatic heterocycles. The Bertz CT molecular complexity index is 797. The Hall–Kier alpha value is -2.73. The maximum atomic E-state index is 11.9. The fraction of sp³-hybridized carbons (Fsp3) is 0.316. The number of benzene rings is 2. The van der Waals surface area contributed by atoms with Crippen LogP contribution in [-0.4, -0.2) is 40.8 Å².